The average Bonchev–Trinajstić information content (AvgIpc) is 3.40. The Morgan fingerprint density at radius 1 is 0.930 bits per heavy atom. The number of carbonyl (C=O) groups is 2. The maximum Gasteiger partial charge on any atom is 0.416 e. The molecule has 0 aliphatic carbocycles. The normalized spacial score (nSPS) is 11.2. The molecule has 0 fully saturated rings. The van der Waals surface area contributed by atoms with E-state index < -0.39 is 17.8 Å². The fourth-order valence-corrected chi connectivity index (χ4v) is 5.22. The number of carbonyl (C=O) groups excluding carboxylic acids is 2. The topological polar surface area (TPSA) is 80.3 Å². The number of halogens is 3. The van der Waals surface area contributed by atoms with Crippen molar-refractivity contribution < 1.29 is 37.0 Å². The second-order valence-electron chi connectivity index (χ2n) is 9.74. The first-order valence-electron chi connectivity index (χ1n) is 13.9. The molecule has 8 nitrogen and oxygen atoms in total. The molecule has 3 aromatic rings. The van der Waals surface area contributed by atoms with Crippen LogP contribution in [0.15, 0.2) is 54.6 Å². The number of hydrogen-bond acceptors (Lipinski definition) is 6. The number of ether oxygens (including phenoxy) is 3. The van der Waals surface area contributed by atoms with Gasteiger partial charge in [0.2, 0.25) is 5.91 Å². The molecule has 0 radical (unpaired) electrons. The fourth-order valence-electron chi connectivity index (χ4n) is 4.31. The van der Waals surface area contributed by atoms with E-state index in [2.05, 4.69) is 5.32 Å². The molecular formula is C31H38F3N3O5S. The monoisotopic (exact) mass is 621 g/mol. The smallest absolute Gasteiger partial charge is 0.416 e. The number of urea groups is 1. The van der Waals surface area contributed by atoms with Crippen molar-refractivity contribution in [1.29, 1.82) is 0 Å². The number of anilines is 1. The minimum atomic E-state index is -4.48. The van der Waals surface area contributed by atoms with E-state index >= 15 is 0 Å². The molecule has 1 N–H and O–H groups in total. The summed E-state index contributed by atoms with van der Waals surface area (Å²) in [5, 5.41) is 2.62. The summed E-state index contributed by atoms with van der Waals surface area (Å²) in [4.78, 5) is 32.2. The van der Waals surface area contributed by atoms with E-state index in [9.17, 15) is 22.8 Å². The van der Waals surface area contributed by atoms with Gasteiger partial charge in [-0.15, -0.1) is 11.3 Å². The predicted molar refractivity (Wildman–Crippen MR) is 161 cm³/mol. The number of rotatable bonds is 15. The fraction of sp³-hybridized carbons (Fsp3) is 0.419. The van der Waals surface area contributed by atoms with Crippen molar-refractivity contribution in [2.45, 2.75) is 39.4 Å². The summed E-state index contributed by atoms with van der Waals surface area (Å²) in [6.07, 6.45) is -3.46. The summed E-state index contributed by atoms with van der Waals surface area (Å²) in [7, 11) is 3.13. The van der Waals surface area contributed by atoms with Crippen molar-refractivity contribution in [1.82, 2.24) is 9.80 Å². The van der Waals surface area contributed by atoms with E-state index in [1.54, 1.807) is 30.5 Å². The minimum Gasteiger partial charge on any atom is -0.493 e. The van der Waals surface area contributed by atoms with Gasteiger partial charge in [-0.1, -0.05) is 6.07 Å². The van der Waals surface area contributed by atoms with Gasteiger partial charge in [-0.25, -0.2) is 4.79 Å². The van der Waals surface area contributed by atoms with Crippen molar-refractivity contribution in [3.8, 4) is 11.5 Å². The highest BCUT2D eigenvalue weighted by atomic mass is 32.1. The minimum absolute atomic E-state index is 0.194. The van der Waals surface area contributed by atoms with Crippen LogP contribution in [0.25, 0.3) is 0 Å². The van der Waals surface area contributed by atoms with Crippen LogP contribution < -0.4 is 14.8 Å². The quantitative estimate of drug-likeness (QED) is 0.193. The number of thiophene rings is 1. The van der Waals surface area contributed by atoms with Crippen LogP contribution in [-0.4, -0.2) is 68.8 Å². The molecule has 0 saturated carbocycles. The molecule has 0 aliphatic rings. The SMILES string of the molecule is CCOCCCN(CC(=O)N(CCc1ccc(OC)c(OC)c1)Cc1ccc(C)s1)C(=O)Nc1ccc(C(F)(F)F)cc1. The lowest BCUT2D eigenvalue weighted by atomic mass is 10.1. The van der Waals surface area contributed by atoms with Gasteiger partial charge >= 0.3 is 12.2 Å². The van der Waals surface area contributed by atoms with Gasteiger partial charge in [0, 0.05) is 41.7 Å². The zero-order valence-corrected chi connectivity index (χ0v) is 25.6. The van der Waals surface area contributed by atoms with E-state index in [1.807, 2.05) is 44.2 Å². The van der Waals surface area contributed by atoms with Crippen LogP contribution in [0.5, 0.6) is 11.5 Å². The number of nitrogens with zero attached hydrogens (tertiary/aromatic N) is 2. The number of nitrogens with one attached hydrogen (secondary N) is 1. The maximum absolute atomic E-state index is 13.7. The van der Waals surface area contributed by atoms with Crippen molar-refractivity contribution in [2.24, 2.45) is 0 Å². The molecule has 43 heavy (non-hydrogen) atoms. The number of methoxy groups -OCH3 is 2. The van der Waals surface area contributed by atoms with E-state index in [0.717, 1.165) is 27.5 Å². The Labute approximate surface area is 254 Å². The highest BCUT2D eigenvalue weighted by Gasteiger charge is 2.30. The molecule has 2 aromatic carbocycles. The molecular weight excluding hydrogens is 583 g/mol. The summed E-state index contributed by atoms with van der Waals surface area (Å²) in [5.74, 6) is 0.938. The zero-order valence-electron chi connectivity index (χ0n) is 24.8. The van der Waals surface area contributed by atoms with E-state index in [1.165, 1.54) is 17.0 Å². The van der Waals surface area contributed by atoms with E-state index in [-0.39, 0.29) is 24.7 Å². The molecule has 12 heteroatoms. The molecule has 1 heterocycles. The molecule has 3 amide bonds. The average molecular weight is 622 g/mol. The van der Waals surface area contributed by atoms with E-state index in [0.29, 0.717) is 50.6 Å². The van der Waals surface area contributed by atoms with Crippen molar-refractivity contribution in [3.63, 3.8) is 0 Å². The van der Waals surface area contributed by atoms with Crippen LogP contribution in [-0.2, 0) is 28.7 Å². The Balaban J connectivity index is 1.77. The van der Waals surface area contributed by atoms with Crippen LogP contribution in [0, 0.1) is 6.92 Å². The lowest BCUT2D eigenvalue weighted by Gasteiger charge is -2.28. The van der Waals surface area contributed by atoms with Gasteiger partial charge in [-0.2, -0.15) is 13.2 Å². The Hall–Kier alpha value is -3.77. The first-order valence-corrected chi connectivity index (χ1v) is 14.7. The number of alkyl halides is 3. The van der Waals surface area contributed by atoms with Gasteiger partial charge in [-0.05, 0) is 80.8 Å². The second-order valence-corrected chi connectivity index (χ2v) is 11.1. The van der Waals surface area contributed by atoms with Crippen molar-refractivity contribution in [2.75, 3.05) is 52.4 Å². The van der Waals surface area contributed by atoms with Gasteiger partial charge in [0.15, 0.2) is 11.5 Å². The Morgan fingerprint density at radius 3 is 2.26 bits per heavy atom. The third-order valence-electron chi connectivity index (χ3n) is 6.61. The summed E-state index contributed by atoms with van der Waals surface area (Å²) in [6, 6.07) is 13.2. The lowest BCUT2D eigenvalue weighted by Crippen LogP contribution is -2.45. The van der Waals surface area contributed by atoms with Gasteiger partial charge in [-0.3, -0.25) is 4.79 Å². The number of amides is 3. The Morgan fingerprint density at radius 2 is 1.65 bits per heavy atom. The summed E-state index contributed by atoms with van der Waals surface area (Å²) < 4.78 is 55.1. The van der Waals surface area contributed by atoms with Gasteiger partial charge in [0.25, 0.3) is 0 Å². The molecule has 0 saturated heterocycles. The predicted octanol–water partition coefficient (Wildman–Crippen LogP) is 6.62. The van der Waals surface area contributed by atoms with Crippen LogP contribution in [0.1, 0.15) is 34.2 Å². The van der Waals surface area contributed by atoms with Crippen molar-refractivity contribution >= 4 is 29.0 Å². The number of benzene rings is 2. The molecule has 0 spiro atoms. The first-order chi connectivity index (χ1) is 20.5. The van der Waals surface area contributed by atoms with Crippen LogP contribution in [0.4, 0.5) is 23.7 Å². The largest absolute Gasteiger partial charge is 0.493 e. The third kappa shape index (κ3) is 10.5. The highest BCUT2D eigenvalue weighted by Crippen LogP contribution is 2.30. The lowest BCUT2D eigenvalue weighted by molar-refractivity contribution is -0.137. The summed E-state index contributed by atoms with van der Waals surface area (Å²) in [6.45, 7) is 5.54. The van der Waals surface area contributed by atoms with Gasteiger partial charge < -0.3 is 29.3 Å². The van der Waals surface area contributed by atoms with Gasteiger partial charge in [0.1, 0.15) is 6.54 Å². The first kappa shape index (κ1) is 33.7. The van der Waals surface area contributed by atoms with Crippen LogP contribution in [0.3, 0.4) is 0 Å². The molecule has 0 unspecified atom stereocenters. The molecule has 234 valence electrons. The standard InChI is InChI=1S/C31H38F3N3O5S/c1-5-42-18-6-16-37(30(39)35-25-11-9-24(10-12-25)31(32,33)34)21-29(38)36(20-26-13-7-22(2)43-26)17-15-23-8-14-27(40-3)28(19-23)41-4/h7-14,19H,5-6,15-18,20-21H2,1-4H3,(H,35,39). The van der Waals surface area contributed by atoms with E-state index in [4.69, 9.17) is 14.2 Å². The second kappa shape index (κ2) is 16.2. The Kier molecular flexibility index (Phi) is 12.7. The van der Waals surface area contributed by atoms with Crippen LogP contribution in [0.2, 0.25) is 0 Å². The molecule has 0 atom stereocenters. The maximum atomic E-state index is 13.7. The molecule has 0 bridgehead atoms. The zero-order chi connectivity index (χ0) is 31.4. The van der Waals surface area contributed by atoms with Crippen molar-refractivity contribution in [3.05, 3.63) is 75.5 Å². The summed E-state index contributed by atoms with van der Waals surface area (Å²) >= 11 is 1.60. The molecule has 1 aromatic heterocycles. The molecule has 3 rings (SSSR count). The van der Waals surface area contributed by atoms with Crippen LogP contribution >= 0.6 is 11.3 Å². The Bertz CT molecular complexity index is 1330. The molecule has 0 aliphatic heterocycles. The summed E-state index contributed by atoms with van der Waals surface area (Å²) in [5.41, 5.74) is 0.328. The van der Waals surface area contributed by atoms with Gasteiger partial charge in [0.05, 0.1) is 26.3 Å². The highest BCUT2D eigenvalue weighted by molar-refractivity contribution is 7.11. The third-order valence-corrected chi connectivity index (χ3v) is 7.60. The number of aryl methyl sites for hydroxylation is 1. The number of hydrogen-bond donors (Lipinski definition) is 1.